The van der Waals surface area contributed by atoms with Crippen molar-refractivity contribution in [2.75, 3.05) is 84.0 Å². The number of carbonyl (C=O) groups excluding carboxylic acids is 2. The molecule has 1 aromatic heterocycles. The summed E-state index contributed by atoms with van der Waals surface area (Å²) < 4.78 is 54.0. The molecule has 328 valence electrons. The number of benzene rings is 2. The molecule has 2 saturated heterocycles. The number of nitrogens with zero attached hydrogens (tertiary/aromatic N) is 5. The normalized spacial score (nSPS) is 31.3. The first-order valence-corrected chi connectivity index (χ1v) is 23.6. The Morgan fingerprint density at radius 1 is 1.07 bits per heavy atom. The van der Waals surface area contributed by atoms with Gasteiger partial charge < -0.3 is 28.6 Å². The van der Waals surface area contributed by atoms with Gasteiger partial charge in [-0.25, -0.2) is 4.21 Å². The molecular weight excluding hydrogens is 820 g/mol. The lowest BCUT2D eigenvalue weighted by atomic mass is 9.68. The lowest BCUT2D eigenvalue weighted by Crippen LogP contribution is -2.66. The Morgan fingerprint density at radius 3 is 2.62 bits per heavy atom. The Kier molecular flexibility index (Phi) is 11.8. The highest BCUT2D eigenvalue weighted by Crippen LogP contribution is 2.47. The molecule has 61 heavy (non-hydrogen) atoms. The Hall–Kier alpha value is -3.99. The molecule has 4 aliphatic heterocycles. The number of nitrogens with one attached hydrogen (secondary N) is 1. The van der Waals surface area contributed by atoms with Crippen molar-refractivity contribution in [3.05, 3.63) is 82.0 Å². The van der Waals surface area contributed by atoms with Crippen molar-refractivity contribution >= 4 is 39.0 Å². The largest absolute Gasteiger partial charge is 0.490 e. The molecule has 2 aliphatic carbocycles. The molecule has 14 nitrogen and oxygen atoms in total. The molecule has 5 heterocycles. The topological polar surface area (TPSA) is 146 Å². The van der Waals surface area contributed by atoms with Crippen LogP contribution < -0.4 is 19.1 Å². The second-order valence-corrected chi connectivity index (χ2v) is 20.7. The van der Waals surface area contributed by atoms with Gasteiger partial charge in [0.25, 0.3) is 11.8 Å². The first-order chi connectivity index (χ1) is 29.4. The summed E-state index contributed by atoms with van der Waals surface area (Å²) in [7, 11) is 1.04. The second-order valence-electron chi connectivity index (χ2n) is 18.3. The number of amides is 2. The van der Waals surface area contributed by atoms with Crippen LogP contribution in [0.1, 0.15) is 64.4 Å². The number of fused-ring (bicyclic) bond motifs is 4. The average Bonchev–Trinajstić information content (AvgIpc) is 3.51. The zero-order valence-corrected chi connectivity index (χ0v) is 37.1. The third kappa shape index (κ3) is 8.46. The molecular formula is C45H57ClN6O8S. The number of halogens is 1. The van der Waals surface area contributed by atoms with E-state index >= 15 is 4.21 Å². The van der Waals surface area contributed by atoms with Crippen LogP contribution in [0.3, 0.4) is 0 Å². The lowest BCUT2D eigenvalue weighted by Gasteiger charge is -2.55. The maximum Gasteiger partial charge on any atom is 0.286 e. The minimum Gasteiger partial charge on any atom is -0.490 e. The standard InChI is InChI=1S/C45H57ClN6O8S/c1-29-22-61(55,49-42(54)35-21-50(2)47-43(35)57-4)48-41(53)31-8-12-40-37(19-31)52(25-45(28-60-40)15-5-6-30-18-33(46)9-11-36(30)45)20-32-7-10-34(32)39(56-3)14-13-38(29)59-17-16-51-23-44(24-51)26-58-27-44/h8-9,11-14,18-19,21,29,32,34,38-39H,5-7,10,15-17,20,22-28H2,1-4H3,(H,48,49,53,54,55)/b14-13+/t29-,32+,34-,38+,39+,45+,61+/m1/s1. The van der Waals surface area contributed by atoms with Gasteiger partial charge in [-0.3, -0.25) is 23.9 Å². The third-order valence-electron chi connectivity index (χ3n) is 13.8. The van der Waals surface area contributed by atoms with Gasteiger partial charge in [0.1, 0.15) is 21.2 Å². The molecule has 9 rings (SSSR count). The maximum atomic E-state index is 15.2. The summed E-state index contributed by atoms with van der Waals surface area (Å²) in [5.74, 6) is -0.738. The van der Waals surface area contributed by atoms with E-state index in [1.165, 1.54) is 29.1 Å². The molecule has 2 bridgehead atoms. The number of aromatic nitrogens is 2. The van der Waals surface area contributed by atoms with Crippen molar-refractivity contribution in [3.8, 4) is 11.6 Å². The van der Waals surface area contributed by atoms with E-state index < -0.39 is 33.8 Å². The van der Waals surface area contributed by atoms with E-state index in [2.05, 4.69) is 42.2 Å². The van der Waals surface area contributed by atoms with Crippen LogP contribution in [0.4, 0.5) is 5.69 Å². The number of aryl methyl sites for hydroxylation is 2. The highest BCUT2D eigenvalue weighted by Gasteiger charge is 2.49. The van der Waals surface area contributed by atoms with E-state index in [0.29, 0.717) is 31.4 Å². The number of hydrogen-bond donors (Lipinski definition) is 1. The number of methoxy groups -OCH3 is 2. The minimum absolute atomic E-state index is 0.0631. The van der Waals surface area contributed by atoms with E-state index in [0.717, 1.165) is 82.2 Å². The minimum atomic E-state index is -3.78. The van der Waals surface area contributed by atoms with Crippen molar-refractivity contribution < 1.29 is 37.5 Å². The Labute approximate surface area is 363 Å². The van der Waals surface area contributed by atoms with Gasteiger partial charge in [0.15, 0.2) is 0 Å². The predicted octanol–water partition coefficient (Wildman–Crippen LogP) is 5.47. The monoisotopic (exact) mass is 876 g/mol. The second kappa shape index (κ2) is 16.9. The quantitative estimate of drug-likeness (QED) is 0.288. The van der Waals surface area contributed by atoms with Gasteiger partial charge in [0.05, 0.1) is 57.2 Å². The fraction of sp³-hybridized carbons (Fsp3) is 0.578. The first-order valence-electron chi connectivity index (χ1n) is 21.5. The van der Waals surface area contributed by atoms with Gasteiger partial charge in [-0.2, -0.15) is 0 Å². The van der Waals surface area contributed by atoms with E-state index in [9.17, 15) is 9.59 Å². The smallest absolute Gasteiger partial charge is 0.286 e. The molecule has 16 heteroatoms. The number of carbonyl (C=O) groups is 2. The lowest BCUT2D eigenvalue weighted by molar-refractivity contribution is -0.191. The molecule has 2 spiro atoms. The van der Waals surface area contributed by atoms with Crippen LogP contribution >= 0.6 is 11.6 Å². The molecule has 1 saturated carbocycles. The summed E-state index contributed by atoms with van der Waals surface area (Å²) in [6.07, 6.45) is 9.85. The fourth-order valence-electron chi connectivity index (χ4n) is 10.5. The van der Waals surface area contributed by atoms with Crippen LogP contribution in [0.2, 0.25) is 5.02 Å². The van der Waals surface area contributed by atoms with Crippen LogP contribution in [0.25, 0.3) is 0 Å². The summed E-state index contributed by atoms with van der Waals surface area (Å²) >= 11 is 6.51. The third-order valence-corrected chi connectivity index (χ3v) is 16.0. The predicted molar refractivity (Wildman–Crippen MR) is 232 cm³/mol. The summed E-state index contributed by atoms with van der Waals surface area (Å²) in [6, 6.07) is 11.5. The molecule has 0 unspecified atom stereocenters. The maximum absolute atomic E-state index is 15.2. The van der Waals surface area contributed by atoms with Crippen molar-refractivity contribution in [3.63, 3.8) is 0 Å². The van der Waals surface area contributed by atoms with Crippen LogP contribution in [0.15, 0.2) is 59.1 Å². The molecule has 2 aromatic carbocycles. The highest BCUT2D eigenvalue weighted by molar-refractivity contribution is 7.92. The van der Waals surface area contributed by atoms with Gasteiger partial charge in [-0.05, 0) is 85.4 Å². The van der Waals surface area contributed by atoms with Crippen LogP contribution in [0.5, 0.6) is 11.6 Å². The van der Waals surface area contributed by atoms with Crippen molar-refractivity contribution in [1.82, 2.24) is 19.4 Å². The summed E-state index contributed by atoms with van der Waals surface area (Å²) in [6.45, 7) is 8.56. The molecule has 7 atom stereocenters. The van der Waals surface area contributed by atoms with Gasteiger partial charge in [0, 0.05) is 80.4 Å². The zero-order chi connectivity index (χ0) is 42.5. The Bertz CT molecular complexity index is 2320. The number of anilines is 1. The van der Waals surface area contributed by atoms with Crippen LogP contribution in [-0.2, 0) is 43.0 Å². The number of rotatable bonds is 8. The molecule has 3 fully saturated rings. The van der Waals surface area contributed by atoms with Crippen molar-refractivity contribution in [2.45, 2.75) is 56.7 Å². The van der Waals surface area contributed by atoms with E-state index in [-0.39, 0.29) is 45.6 Å². The molecule has 2 amide bonds. The van der Waals surface area contributed by atoms with E-state index in [4.69, 9.17) is 35.3 Å². The van der Waals surface area contributed by atoms with Crippen LogP contribution in [0, 0.1) is 23.2 Å². The van der Waals surface area contributed by atoms with Crippen molar-refractivity contribution in [2.24, 2.45) is 34.6 Å². The Morgan fingerprint density at radius 2 is 1.89 bits per heavy atom. The van der Waals surface area contributed by atoms with E-state index in [1.807, 2.05) is 31.2 Å². The first kappa shape index (κ1) is 42.3. The number of ether oxygens (including phenoxy) is 5. The van der Waals surface area contributed by atoms with Gasteiger partial charge in [-0.15, -0.1) is 9.46 Å². The summed E-state index contributed by atoms with van der Waals surface area (Å²) in [4.78, 5) is 33.1. The van der Waals surface area contributed by atoms with Crippen LogP contribution in [-0.4, -0.2) is 122 Å². The number of likely N-dealkylation sites (tertiary alicyclic amines) is 1. The average molecular weight is 878 g/mol. The summed E-state index contributed by atoms with van der Waals surface area (Å²) in [5.41, 5.74) is 3.59. The zero-order valence-electron chi connectivity index (χ0n) is 35.5. The van der Waals surface area contributed by atoms with Gasteiger partial charge in [-0.1, -0.05) is 36.7 Å². The van der Waals surface area contributed by atoms with Gasteiger partial charge >= 0.3 is 0 Å². The Balaban J connectivity index is 1.09. The van der Waals surface area contributed by atoms with Gasteiger partial charge in [0.2, 0.25) is 5.88 Å². The number of hydrogen-bond acceptors (Lipinski definition) is 11. The summed E-state index contributed by atoms with van der Waals surface area (Å²) in [5, 5.41) is 4.93. The molecule has 3 aromatic rings. The molecule has 1 N–H and O–H groups in total. The fourth-order valence-corrected chi connectivity index (χ4v) is 12.5. The SMILES string of the molecule is COc1nn(C)cc1C(=O)N[S@@]1(=O)=NC(=O)c2ccc3c(c2)N(C[C@@H]2CC[C@H]2[C@@H](OC)/C=C/[C@H](OCCN2CC4(COC4)C2)[C@H](C)C1)C[C@@]1(CCCc2cc(Cl)ccc21)CO3. The van der Waals surface area contributed by atoms with E-state index in [1.54, 1.807) is 20.2 Å². The molecule has 6 aliphatic rings. The molecule has 0 radical (unpaired) electrons. The van der Waals surface area contributed by atoms with Crippen molar-refractivity contribution in [1.29, 1.82) is 0 Å². The highest BCUT2D eigenvalue weighted by atomic mass is 35.5.